The van der Waals surface area contributed by atoms with Crippen LogP contribution in [0.5, 0.6) is 0 Å². The van der Waals surface area contributed by atoms with Crippen LogP contribution < -0.4 is 16.9 Å². The van der Waals surface area contributed by atoms with Crippen molar-refractivity contribution in [3.63, 3.8) is 0 Å². The Labute approximate surface area is 248 Å². The van der Waals surface area contributed by atoms with E-state index in [4.69, 9.17) is 18.4 Å². The number of hydrogen-bond donors (Lipinski definition) is 2. The molecule has 2 N–H and O–H groups in total. The number of nitrogen functional groups attached to an aromatic ring is 1. The van der Waals surface area contributed by atoms with Crippen LogP contribution in [0.4, 0.5) is 5.69 Å². The first kappa shape index (κ1) is 27.4. The van der Waals surface area contributed by atoms with Crippen LogP contribution >= 0.6 is 24.0 Å². The van der Waals surface area contributed by atoms with Gasteiger partial charge in [-0.15, -0.1) is 11.3 Å². The molecule has 0 saturated heterocycles. The Hall–Kier alpha value is -3.79. The lowest BCUT2D eigenvalue weighted by molar-refractivity contribution is 0.290. The van der Waals surface area contributed by atoms with Gasteiger partial charge in [0, 0.05) is 48.0 Å². The van der Waals surface area contributed by atoms with Crippen LogP contribution in [0.15, 0.2) is 76.3 Å². The summed E-state index contributed by atoms with van der Waals surface area (Å²) in [5.41, 5.74) is 6.96. The summed E-state index contributed by atoms with van der Waals surface area (Å²) in [6.45, 7) is 8.16. The molecule has 1 atom stereocenters. The van der Waals surface area contributed by atoms with Crippen LogP contribution in [-0.4, -0.2) is 9.31 Å². The van der Waals surface area contributed by atoms with E-state index in [0.717, 1.165) is 54.9 Å². The number of thiol groups is 1. The lowest BCUT2D eigenvalue weighted by Crippen LogP contribution is -2.45. The highest BCUT2D eigenvalue weighted by Gasteiger charge is 2.30. The quantitative estimate of drug-likeness (QED) is 0.0720. The Bertz CT molecular complexity index is 2140. The first-order valence-electron chi connectivity index (χ1n) is 13.9. The van der Waals surface area contributed by atoms with Crippen LogP contribution in [0, 0.1) is 11.8 Å². The summed E-state index contributed by atoms with van der Waals surface area (Å²) < 4.78 is 3.39. The van der Waals surface area contributed by atoms with E-state index in [2.05, 4.69) is 37.8 Å². The van der Waals surface area contributed by atoms with Gasteiger partial charge in [0.2, 0.25) is 0 Å². The fraction of sp³-hybridized carbons (Fsp3) is 0.257. The molecular formula is C35H32N2O2S2. The van der Waals surface area contributed by atoms with Crippen molar-refractivity contribution in [1.82, 2.24) is 4.57 Å². The van der Waals surface area contributed by atoms with Gasteiger partial charge >= 0.3 is 0 Å². The highest BCUT2D eigenvalue weighted by Crippen LogP contribution is 2.41. The van der Waals surface area contributed by atoms with Gasteiger partial charge in [-0.3, -0.25) is 14.2 Å². The Morgan fingerprint density at radius 3 is 2.24 bits per heavy atom. The van der Waals surface area contributed by atoms with E-state index < -0.39 is 5.54 Å². The number of fused-ring (bicyclic) bond motifs is 2. The van der Waals surface area contributed by atoms with E-state index in [-0.39, 0.29) is 15.9 Å². The average Bonchev–Trinajstić information content (AvgIpc) is 2.96. The van der Waals surface area contributed by atoms with Crippen molar-refractivity contribution in [2.24, 2.45) is 0 Å². The minimum absolute atomic E-state index is 0.173. The molecule has 1 unspecified atom stereocenters. The normalized spacial score (nSPS) is 13.6. The maximum Gasteiger partial charge on any atom is 0.261 e. The molecular weight excluding hydrogens is 545 g/mol. The zero-order valence-corrected chi connectivity index (χ0v) is 25.4. The standard InChI is InChI=1S/C35H32N2O2S2/c1-5-35(4,40)19-18-34(2,3)37-32(38)26-17-16-25-24-8-6-7-9-28(24)41-31-22(13-10-21-11-14-23(36)15-12-21)20-27(33(37)39)29(26)30(25)31/h6-9,11-12,14-17,20,40H,5,18-19,36H2,1-4H3. The zero-order chi connectivity index (χ0) is 29.1. The number of rotatable bonds is 5. The number of aromatic nitrogens is 1. The fourth-order valence-corrected chi connectivity index (χ4v) is 6.95. The zero-order valence-electron chi connectivity index (χ0n) is 23.7. The van der Waals surface area contributed by atoms with Crippen molar-refractivity contribution in [2.45, 2.75) is 57.2 Å². The fourth-order valence-electron chi connectivity index (χ4n) is 5.65. The number of nitrogens with zero attached hydrogens (tertiary/aromatic N) is 1. The second kappa shape index (κ2) is 9.94. The van der Waals surface area contributed by atoms with Crippen LogP contribution in [0.2, 0.25) is 0 Å². The van der Waals surface area contributed by atoms with Gasteiger partial charge in [-0.05, 0) is 86.3 Å². The van der Waals surface area contributed by atoms with Crippen LogP contribution in [0.25, 0.3) is 41.7 Å². The number of hydrogen-bond acceptors (Lipinski definition) is 5. The van der Waals surface area contributed by atoms with Crippen molar-refractivity contribution >= 4 is 71.4 Å². The molecule has 0 fully saturated rings. The largest absolute Gasteiger partial charge is 0.399 e. The minimum Gasteiger partial charge on any atom is -0.399 e. The molecule has 0 bridgehead atoms. The van der Waals surface area contributed by atoms with Crippen molar-refractivity contribution in [1.29, 1.82) is 0 Å². The molecule has 0 spiro atoms. The summed E-state index contributed by atoms with van der Waals surface area (Å²) in [6, 6.07) is 21.5. The first-order valence-corrected chi connectivity index (χ1v) is 15.2. The first-order chi connectivity index (χ1) is 19.5. The van der Waals surface area contributed by atoms with E-state index in [1.807, 2.05) is 68.4 Å². The lowest BCUT2D eigenvalue weighted by Gasteiger charge is -2.31. The maximum absolute atomic E-state index is 14.3. The molecule has 2 heterocycles. The molecule has 206 valence electrons. The predicted molar refractivity (Wildman–Crippen MR) is 179 cm³/mol. The van der Waals surface area contributed by atoms with Crippen LogP contribution in [-0.2, 0) is 5.54 Å². The van der Waals surface area contributed by atoms with Crippen LogP contribution in [0.3, 0.4) is 0 Å². The number of anilines is 1. The third-order valence-corrected chi connectivity index (χ3v) is 10.1. The van der Waals surface area contributed by atoms with Crippen molar-refractivity contribution in [3.8, 4) is 11.8 Å². The van der Waals surface area contributed by atoms with Gasteiger partial charge in [0.15, 0.2) is 0 Å². The van der Waals surface area contributed by atoms with Crippen LogP contribution in [0.1, 0.15) is 58.1 Å². The lowest BCUT2D eigenvalue weighted by atomic mass is 9.89. The molecule has 2 aromatic heterocycles. The molecule has 0 aliphatic heterocycles. The second-order valence-electron chi connectivity index (χ2n) is 11.8. The molecule has 0 amide bonds. The van der Waals surface area contributed by atoms with Crippen molar-refractivity contribution < 1.29 is 0 Å². The number of benzene rings is 4. The number of pyridine rings is 1. The Morgan fingerprint density at radius 2 is 1.51 bits per heavy atom. The molecule has 6 heteroatoms. The molecule has 0 radical (unpaired) electrons. The molecule has 0 aliphatic carbocycles. The highest BCUT2D eigenvalue weighted by atomic mass is 32.1. The molecule has 6 rings (SSSR count). The van der Waals surface area contributed by atoms with Crippen molar-refractivity contribution in [2.75, 3.05) is 5.73 Å². The predicted octanol–water partition coefficient (Wildman–Crippen LogP) is 7.92. The Kier molecular flexibility index (Phi) is 6.64. The number of nitrogens with two attached hydrogens (primary N) is 1. The van der Waals surface area contributed by atoms with E-state index in [0.29, 0.717) is 22.9 Å². The van der Waals surface area contributed by atoms with E-state index >= 15 is 0 Å². The smallest absolute Gasteiger partial charge is 0.261 e. The van der Waals surface area contributed by atoms with Crippen molar-refractivity contribution in [3.05, 3.63) is 98.6 Å². The van der Waals surface area contributed by atoms with Gasteiger partial charge in [0.25, 0.3) is 11.1 Å². The van der Waals surface area contributed by atoms with E-state index in [9.17, 15) is 9.59 Å². The summed E-state index contributed by atoms with van der Waals surface area (Å²) in [5.74, 6) is 6.63. The second-order valence-corrected chi connectivity index (χ2v) is 13.9. The molecule has 4 aromatic carbocycles. The van der Waals surface area contributed by atoms with Gasteiger partial charge in [0.05, 0.1) is 10.1 Å². The molecule has 4 nitrogen and oxygen atoms in total. The van der Waals surface area contributed by atoms with Gasteiger partial charge in [-0.25, -0.2) is 0 Å². The average molecular weight is 577 g/mol. The minimum atomic E-state index is -0.692. The summed E-state index contributed by atoms with van der Waals surface area (Å²) in [7, 11) is 0. The van der Waals surface area contributed by atoms with E-state index in [1.165, 1.54) is 4.57 Å². The Morgan fingerprint density at radius 1 is 0.829 bits per heavy atom. The van der Waals surface area contributed by atoms with Gasteiger partial charge in [-0.2, -0.15) is 12.6 Å². The van der Waals surface area contributed by atoms with Gasteiger partial charge in [0.1, 0.15) is 0 Å². The topological polar surface area (TPSA) is 65.1 Å². The maximum atomic E-state index is 14.3. The van der Waals surface area contributed by atoms with Gasteiger partial charge < -0.3 is 5.73 Å². The molecule has 0 aliphatic rings. The monoisotopic (exact) mass is 576 g/mol. The van der Waals surface area contributed by atoms with E-state index in [1.54, 1.807) is 11.3 Å². The summed E-state index contributed by atoms with van der Waals surface area (Å²) in [5, 5.41) is 4.87. The highest BCUT2D eigenvalue weighted by molar-refractivity contribution is 7.81. The molecule has 6 aromatic rings. The summed E-state index contributed by atoms with van der Waals surface area (Å²) in [4.78, 5) is 28.4. The Balaban J connectivity index is 1.70. The summed E-state index contributed by atoms with van der Waals surface area (Å²) in [6.07, 6.45) is 2.33. The third kappa shape index (κ3) is 4.67. The molecule has 41 heavy (non-hydrogen) atoms. The SMILES string of the molecule is CCC(C)(S)CCC(C)(C)n1c(=O)c2ccc3c4ccccc4sc4c(C#Cc5ccc(N)cc5)cc(c1=O)c2c43. The summed E-state index contributed by atoms with van der Waals surface area (Å²) >= 11 is 6.46. The molecule has 0 saturated carbocycles. The third-order valence-electron chi connectivity index (χ3n) is 8.39. The van der Waals surface area contributed by atoms with Gasteiger partial charge in [-0.1, -0.05) is 50.0 Å².